The van der Waals surface area contributed by atoms with E-state index >= 15 is 0 Å². The van der Waals surface area contributed by atoms with Crippen LogP contribution in [0.1, 0.15) is 36.5 Å². The third-order valence-corrected chi connectivity index (χ3v) is 3.81. The fraction of sp³-hybridized carbons (Fsp3) is 0.294. The van der Waals surface area contributed by atoms with Crippen LogP contribution in [0.4, 0.5) is 13.2 Å². The van der Waals surface area contributed by atoms with Crippen molar-refractivity contribution in [2.45, 2.75) is 25.9 Å². The molecule has 1 unspecified atom stereocenters. The van der Waals surface area contributed by atoms with Crippen LogP contribution >= 0.6 is 0 Å². The van der Waals surface area contributed by atoms with Crippen LogP contribution in [0.5, 0.6) is 11.5 Å². The fourth-order valence-corrected chi connectivity index (χ4v) is 2.90. The molecule has 1 heterocycles. The van der Waals surface area contributed by atoms with Crippen molar-refractivity contribution in [1.82, 2.24) is 0 Å². The molecule has 0 spiro atoms. The molecule has 0 fully saturated rings. The summed E-state index contributed by atoms with van der Waals surface area (Å²) in [6.07, 6.45) is -4.34. The SMILES string of the molecule is CC(C)C1c2ccccc2Oc2ccc(C(F)(F)F)cc21. The Kier molecular flexibility index (Phi) is 3.19. The van der Waals surface area contributed by atoms with E-state index in [1.54, 1.807) is 0 Å². The van der Waals surface area contributed by atoms with Gasteiger partial charge in [0, 0.05) is 17.0 Å². The summed E-state index contributed by atoms with van der Waals surface area (Å²) in [5, 5.41) is 0. The van der Waals surface area contributed by atoms with Gasteiger partial charge in [-0.05, 0) is 30.2 Å². The van der Waals surface area contributed by atoms with Gasteiger partial charge in [-0.25, -0.2) is 0 Å². The Morgan fingerprint density at radius 3 is 2.29 bits per heavy atom. The lowest BCUT2D eigenvalue weighted by molar-refractivity contribution is -0.137. The van der Waals surface area contributed by atoms with Crippen molar-refractivity contribution in [3.63, 3.8) is 0 Å². The van der Waals surface area contributed by atoms with Crippen molar-refractivity contribution in [3.05, 3.63) is 59.2 Å². The van der Waals surface area contributed by atoms with Gasteiger partial charge in [-0.15, -0.1) is 0 Å². The number of hydrogen-bond acceptors (Lipinski definition) is 1. The number of alkyl halides is 3. The highest BCUT2D eigenvalue weighted by Gasteiger charge is 2.35. The zero-order valence-electron chi connectivity index (χ0n) is 11.7. The minimum absolute atomic E-state index is 0.0905. The molecule has 1 aliphatic rings. The van der Waals surface area contributed by atoms with Gasteiger partial charge in [0.2, 0.25) is 0 Å². The molecule has 3 rings (SSSR count). The Morgan fingerprint density at radius 1 is 0.952 bits per heavy atom. The lowest BCUT2D eigenvalue weighted by Crippen LogP contribution is -2.16. The minimum Gasteiger partial charge on any atom is -0.457 e. The molecule has 0 saturated carbocycles. The van der Waals surface area contributed by atoms with E-state index in [-0.39, 0.29) is 11.8 Å². The van der Waals surface area contributed by atoms with Gasteiger partial charge in [-0.1, -0.05) is 32.0 Å². The topological polar surface area (TPSA) is 9.23 Å². The summed E-state index contributed by atoms with van der Waals surface area (Å²) in [7, 11) is 0. The molecule has 2 aromatic carbocycles. The summed E-state index contributed by atoms with van der Waals surface area (Å²) in [4.78, 5) is 0. The van der Waals surface area contributed by atoms with Gasteiger partial charge in [0.05, 0.1) is 5.56 Å². The number of para-hydroxylation sites is 1. The van der Waals surface area contributed by atoms with Crippen LogP contribution in [0.3, 0.4) is 0 Å². The van der Waals surface area contributed by atoms with Gasteiger partial charge >= 0.3 is 6.18 Å². The largest absolute Gasteiger partial charge is 0.457 e. The Hall–Kier alpha value is -1.97. The van der Waals surface area contributed by atoms with Gasteiger partial charge < -0.3 is 4.74 Å². The van der Waals surface area contributed by atoms with Crippen molar-refractivity contribution >= 4 is 0 Å². The number of benzene rings is 2. The van der Waals surface area contributed by atoms with Crippen LogP contribution in [0.15, 0.2) is 42.5 Å². The first-order valence-electron chi connectivity index (χ1n) is 6.86. The normalized spacial score (nSPS) is 17.1. The number of hydrogen-bond donors (Lipinski definition) is 0. The standard InChI is InChI=1S/C17H15F3O/c1-10(2)16-12-5-3-4-6-14(12)21-15-8-7-11(9-13(15)16)17(18,19)20/h3-10,16H,1-2H3. The molecule has 0 aliphatic carbocycles. The van der Waals surface area contributed by atoms with Crippen LogP contribution in [0.25, 0.3) is 0 Å². The smallest absolute Gasteiger partial charge is 0.416 e. The Balaban J connectivity index is 2.17. The van der Waals surface area contributed by atoms with E-state index in [2.05, 4.69) is 0 Å². The van der Waals surface area contributed by atoms with E-state index in [1.165, 1.54) is 12.1 Å². The maximum atomic E-state index is 12.9. The van der Waals surface area contributed by atoms with Crippen LogP contribution in [-0.2, 0) is 6.18 Å². The van der Waals surface area contributed by atoms with Gasteiger partial charge in [0.25, 0.3) is 0 Å². The predicted octanol–water partition coefficient (Wildman–Crippen LogP) is 5.60. The van der Waals surface area contributed by atoms with Crippen LogP contribution in [0.2, 0.25) is 0 Å². The van der Waals surface area contributed by atoms with Crippen LogP contribution in [-0.4, -0.2) is 0 Å². The van der Waals surface area contributed by atoms with Crippen LogP contribution in [0, 0.1) is 5.92 Å². The highest BCUT2D eigenvalue weighted by molar-refractivity contribution is 5.54. The maximum Gasteiger partial charge on any atom is 0.416 e. The molecular formula is C17H15F3O. The molecule has 1 nitrogen and oxygen atoms in total. The highest BCUT2D eigenvalue weighted by atomic mass is 19.4. The monoisotopic (exact) mass is 292 g/mol. The second-order valence-electron chi connectivity index (χ2n) is 5.61. The first-order valence-corrected chi connectivity index (χ1v) is 6.86. The molecule has 0 amide bonds. The highest BCUT2D eigenvalue weighted by Crippen LogP contribution is 2.48. The third-order valence-electron chi connectivity index (χ3n) is 3.81. The van der Waals surface area contributed by atoms with Crippen LogP contribution < -0.4 is 4.74 Å². The fourth-order valence-electron chi connectivity index (χ4n) is 2.90. The Bertz CT molecular complexity index is 674. The zero-order valence-corrected chi connectivity index (χ0v) is 11.7. The molecule has 0 N–H and O–H groups in total. The molecule has 0 aromatic heterocycles. The quantitative estimate of drug-likeness (QED) is 0.665. The van der Waals surface area contributed by atoms with E-state index in [0.29, 0.717) is 11.3 Å². The first-order chi connectivity index (χ1) is 9.88. The number of rotatable bonds is 1. The zero-order chi connectivity index (χ0) is 15.2. The molecule has 0 radical (unpaired) electrons. The Morgan fingerprint density at radius 2 is 1.62 bits per heavy atom. The van der Waals surface area contributed by atoms with E-state index in [1.807, 2.05) is 38.1 Å². The lowest BCUT2D eigenvalue weighted by Gasteiger charge is -2.31. The predicted molar refractivity (Wildman–Crippen MR) is 74.6 cm³/mol. The molecule has 110 valence electrons. The molecule has 4 heteroatoms. The average Bonchev–Trinajstić information content (AvgIpc) is 2.42. The number of halogens is 3. The number of fused-ring (bicyclic) bond motifs is 2. The van der Waals surface area contributed by atoms with Crippen molar-refractivity contribution in [3.8, 4) is 11.5 Å². The van der Waals surface area contributed by atoms with Crippen molar-refractivity contribution in [2.24, 2.45) is 5.92 Å². The van der Waals surface area contributed by atoms with Gasteiger partial charge in [0.1, 0.15) is 11.5 Å². The van der Waals surface area contributed by atoms with Crippen molar-refractivity contribution in [2.75, 3.05) is 0 Å². The molecule has 1 aliphatic heterocycles. The lowest BCUT2D eigenvalue weighted by atomic mass is 9.80. The summed E-state index contributed by atoms with van der Waals surface area (Å²) in [5.41, 5.74) is 0.924. The summed E-state index contributed by atoms with van der Waals surface area (Å²) in [5.74, 6) is 1.33. The Labute approximate surface area is 121 Å². The summed E-state index contributed by atoms with van der Waals surface area (Å²) < 4.78 is 44.6. The second-order valence-corrected chi connectivity index (χ2v) is 5.61. The summed E-state index contributed by atoms with van der Waals surface area (Å²) in [6, 6.07) is 11.2. The van der Waals surface area contributed by atoms with E-state index in [9.17, 15) is 13.2 Å². The van der Waals surface area contributed by atoms with E-state index in [0.717, 1.165) is 17.4 Å². The van der Waals surface area contributed by atoms with Gasteiger partial charge in [-0.3, -0.25) is 0 Å². The van der Waals surface area contributed by atoms with Crippen molar-refractivity contribution < 1.29 is 17.9 Å². The maximum absolute atomic E-state index is 12.9. The molecular weight excluding hydrogens is 277 g/mol. The van der Waals surface area contributed by atoms with Gasteiger partial charge in [0.15, 0.2) is 0 Å². The average molecular weight is 292 g/mol. The van der Waals surface area contributed by atoms with E-state index in [4.69, 9.17) is 4.74 Å². The molecule has 21 heavy (non-hydrogen) atoms. The van der Waals surface area contributed by atoms with Crippen molar-refractivity contribution in [1.29, 1.82) is 0 Å². The third kappa shape index (κ3) is 2.39. The summed E-state index contributed by atoms with van der Waals surface area (Å²) in [6.45, 7) is 4.02. The second kappa shape index (κ2) is 4.79. The first kappa shape index (κ1) is 14.0. The molecule has 0 bridgehead atoms. The molecule has 2 aromatic rings. The minimum atomic E-state index is -4.34. The number of ether oxygens (including phenoxy) is 1. The van der Waals surface area contributed by atoms with E-state index < -0.39 is 11.7 Å². The summed E-state index contributed by atoms with van der Waals surface area (Å²) >= 11 is 0. The van der Waals surface area contributed by atoms with Gasteiger partial charge in [-0.2, -0.15) is 13.2 Å². The molecule has 0 saturated heterocycles. The molecule has 1 atom stereocenters.